The molecule has 21 heavy (non-hydrogen) atoms. The Hall–Kier alpha value is -1.75. The number of carbonyl (C=O) groups is 1. The number of methoxy groups -OCH3 is 2. The third kappa shape index (κ3) is 5.27. The van der Waals surface area contributed by atoms with Crippen molar-refractivity contribution in [2.75, 3.05) is 33.9 Å². The van der Waals surface area contributed by atoms with Crippen molar-refractivity contribution in [1.82, 2.24) is 10.6 Å². The van der Waals surface area contributed by atoms with Gasteiger partial charge in [-0.05, 0) is 55.5 Å². The van der Waals surface area contributed by atoms with Crippen LogP contribution in [0.4, 0.5) is 0 Å². The second-order valence-corrected chi connectivity index (χ2v) is 5.35. The van der Waals surface area contributed by atoms with E-state index in [9.17, 15) is 4.79 Å². The summed E-state index contributed by atoms with van der Waals surface area (Å²) in [6.07, 6.45) is 3.31. The summed E-state index contributed by atoms with van der Waals surface area (Å²) in [6.45, 7) is 1.94. The van der Waals surface area contributed by atoms with Gasteiger partial charge in [0.05, 0.1) is 20.8 Å². The highest BCUT2D eigenvalue weighted by atomic mass is 16.5. The molecule has 0 unspecified atom stereocenters. The SMILES string of the molecule is COc1ccc(OC)c(CCNC(=O)CNCC2CC2)c1. The number of benzene rings is 1. The second-order valence-electron chi connectivity index (χ2n) is 5.35. The van der Waals surface area contributed by atoms with Crippen molar-refractivity contribution in [1.29, 1.82) is 0 Å². The minimum absolute atomic E-state index is 0.0394. The van der Waals surface area contributed by atoms with Crippen molar-refractivity contribution >= 4 is 5.91 Å². The number of hydrogen-bond acceptors (Lipinski definition) is 4. The first-order chi connectivity index (χ1) is 10.2. The molecule has 1 saturated carbocycles. The van der Waals surface area contributed by atoms with Gasteiger partial charge in [-0.25, -0.2) is 0 Å². The Morgan fingerprint density at radius 3 is 2.76 bits per heavy atom. The number of ether oxygens (including phenoxy) is 2. The summed E-state index contributed by atoms with van der Waals surface area (Å²) in [5, 5.41) is 6.10. The van der Waals surface area contributed by atoms with Crippen molar-refractivity contribution in [3.8, 4) is 11.5 Å². The number of rotatable bonds is 9. The summed E-state index contributed by atoms with van der Waals surface area (Å²) in [5.74, 6) is 2.44. The van der Waals surface area contributed by atoms with Gasteiger partial charge in [0.2, 0.25) is 5.91 Å². The lowest BCUT2D eigenvalue weighted by molar-refractivity contribution is -0.120. The number of carbonyl (C=O) groups excluding carboxylic acids is 1. The fourth-order valence-corrected chi connectivity index (χ4v) is 2.19. The zero-order chi connectivity index (χ0) is 15.1. The molecule has 0 bridgehead atoms. The molecule has 5 heteroatoms. The monoisotopic (exact) mass is 292 g/mol. The number of hydrogen-bond donors (Lipinski definition) is 2. The van der Waals surface area contributed by atoms with Crippen molar-refractivity contribution in [2.45, 2.75) is 19.3 Å². The molecule has 1 aromatic carbocycles. The van der Waals surface area contributed by atoms with E-state index in [1.807, 2.05) is 18.2 Å². The standard InChI is InChI=1S/C16H24N2O3/c1-20-14-5-6-15(21-2)13(9-14)7-8-18-16(19)11-17-10-12-3-4-12/h5-6,9,12,17H,3-4,7-8,10-11H2,1-2H3,(H,18,19). The smallest absolute Gasteiger partial charge is 0.233 e. The zero-order valence-corrected chi connectivity index (χ0v) is 12.8. The van der Waals surface area contributed by atoms with Crippen LogP contribution in [0.5, 0.6) is 11.5 Å². The molecule has 0 spiro atoms. The molecular formula is C16H24N2O3. The van der Waals surface area contributed by atoms with E-state index in [2.05, 4.69) is 10.6 Å². The van der Waals surface area contributed by atoms with Crippen molar-refractivity contribution in [2.24, 2.45) is 5.92 Å². The largest absolute Gasteiger partial charge is 0.497 e. The van der Waals surface area contributed by atoms with Crippen LogP contribution in [0.15, 0.2) is 18.2 Å². The maximum atomic E-state index is 11.7. The Kier molecular flexibility index (Phi) is 5.87. The molecule has 0 radical (unpaired) electrons. The van der Waals surface area contributed by atoms with Crippen LogP contribution in [0, 0.1) is 5.92 Å². The van der Waals surface area contributed by atoms with Gasteiger partial charge in [-0.1, -0.05) is 0 Å². The van der Waals surface area contributed by atoms with Crippen LogP contribution >= 0.6 is 0 Å². The number of nitrogens with one attached hydrogen (secondary N) is 2. The first-order valence-corrected chi connectivity index (χ1v) is 7.41. The maximum Gasteiger partial charge on any atom is 0.233 e. The van der Waals surface area contributed by atoms with Crippen molar-refractivity contribution in [3.63, 3.8) is 0 Å². The lowest BCUT2D eigenvalue weighted by Gasteiger charge is -2.11. The Morgan fingerprint density at radius 2 is 2.10 bits per heavy atom. The van der Waals surface area contributed by atoms with Crippen LogP contribution in [0.25, 0.3) is 0 Å². The van der Waals surface area contributed by atoms with Crippen LogP contribution in [0.3, 0.4) is 0 Å². The van der Waals surface area contributed by atoms with E-state index in [4.69, 9.17) is 9.47 Å². The van der Waals surface area contributed by atoms with Crippen molar-refractivity contribution in [3.05, 3.63) is 23.8 Å². The van der Waals surface area contributed by atoms with E-state index in [0.717, 1.165) is 35.9 Å². The number of amides is 1. The van der Waals surface area contributed by atoms with Gasteiger partial charge in [0.15, 0.2) is 0 Å². The van der Waals surface area contributed by atoms with Gasteiger partial charge in [0.1, 0.15) is 11.5 Å². The zero-order valence-electron chi connectivity index (χ0n) is 12.8. The molecule has 0 atom stereocenters. The molecule has 116 valence electrons. The third-order valence-electron chi connectivity index (χ3n) is 3.62. The quantitative estimate of drug-likeness (QED) is 0.721. The van der Waals surface area contributed by atoms with Crippen LogP contribution in [-0.2, 0) is 11.2 Å². The van der Waals surface area contributed by atoms with Crippen LogP contribution < -0.4 is 20.1 Å². The lowest BCUT2D eigenvalue weighted by Crippen LogP contribution is -2.35. The highest BCUT2D eigenvalue weighted by Crippen LogP contribution is 2.27. The van der Waals surface area contributed by atoms with Crippen LogP contribution in [0.2, 0.25) is 0 Å². The molecule has 0 saturated heterocycles. The third-order valence-corrected chi connectivity index (χ3v) is 3.62. The summed E-state index contributed by atoms with van der Waals surface area (Å²) in [6, 6.07) is 5.69. The molecule has 0 heterocycles. The van der Waals surface area contributed by atoms with Gasteiger partial charge < -0.3 is 20.1 Å². The molecular weight excluding hydrogens is 268 g/mol. The van der Waals surface area contributed by atoms with E-state index in [1.165, 1.54) is 12.8 Å². The Morgan fingerprint density at radius 1 is 1.29 bits per heavy atom. The summed E-state index contributed by atoms with van der Waals surface area (Å²) >= 11 is 0. The first kappa shape index (κ1) is 15.6. The van der Waals surface area contributed by atoms with E-state index in [0.29, 0.717) is 13.1 Å². The molecule has 1 aromatic rings. The van der Waals surface area contributed by atoms with E-state index < -0.39 is 0 Å². The Labute approximate surface area is 126 Å². The minimum atomic E-state index is 0.0394. The topological polar surface area (TPSA) is 59.6 Å². The fraction of sp³-hybridized carbons (Fsp3) is 0.562. The first-order valence-electron chi connectivity index (χ1n) is 7.41. The summed E-state index contributed by atoms with van der Waals surface area (Å²) in [4.78, 5) is 11.7. The average Bonchev–Trinajstić information content (AvgIpc) is 3.31. The molecule has 0 aromatic heterocycles. The highest BCUT2D eigenvalue weighted by molar-refractivity contribution is 5.77. The summed E-state index contributed by atoms with van der Waals surface area (Å²) in [7, 11) is 3.28. The van der Waals surface area contributed by atoms with Crippen LogP contribution in [0.1, 0.15) is 18.4 Å². The Bertz CT molecular complexity index is 473. The molecule has 2 rings (SSSR count). The van der Waals surface area contributed by atoms with Gasteiger partial charge in [0.25, 0.3) is 0 Å². The van der Waals surface area contributed by atoms with Gasteiger partial charge in [-0.15, -0.1) is 0 Å². The minimum Gasteiger partial charge on any atom is -0.497 e. The molecule has 1 aliphatic carbocycles. The molecule has 0 aliphatic heterocycles. The predicted molar refractivity (Wildman–Crippen MR) is 81.9 cm³/mol. The summed E-state index contributed by atoms with van der Waals surface area (Å²) < 4.78 is 10.5. The lowest BCUT2D eigenvalue weighted by atomic mass is 10.1. The Balaban J connectivity index is 1.72. The molecule has 5 nitrogen and oxygen atoms in total. The average molecular weight is 292 g/mol. The van der Waals surface area contributed by atoms with Crippen LogP contribution in [-0.4, -0.2) is 39.8 Å². The van der Waals surface area contributed by atoms with Gasteiger partial charge in [-0.2, -0.15) is 0 Å². The predicted octanol–water partition coefficient (Wildman–Crippen LogP) is 1.36. The summed E-state index contributed by atoms with van der Waals surface area (Å²) in [5.41, 5.74) is 1.03. The van der Waals surface area contributed by atoms with Gasteiger partial charge >= 0.3 is 0 Å². The molecule has 1 aliphatic rings. The molecule has 1 fully saturated rings. The molecule has 2 N–H and O–H groups in total. The van der Waals surface area contributed by atoms with E-state index in [-0.39, 0.29) is 5.91 Å². The highest BCUT2D eigenvalue weighted by Gasteiger charge is 2.20. The van der Waals surface area contributed by atoms with Crippen molar-refractivity contribution < 1.29 is 14.3 Å². The fourth-order valence-electron chi connectivity index (χ4n) is 2.19. The van der Waals surface area contributed by atoms with E-state index >= 15 is 0 Å². The second kappa shape index (κ2) is 7.88. The van der Waals surface area contributed by atoms with Gasteiger partial charge in [0, 0.05) is 6.54 Å². The maximum absolute atomic E-state index is 11.7. The molecule has 1 amide bonds. The normalized spacial score (nSPS) is 13.8. The van der Waals surface area contributed by atoms with E-state index in [1.54, 1.807) is 14.2 Å². The van der Waals surface area contributed by atoms with Gasteiger partial charge in [-0.3, -0.25) is 4.79 Å².